The van der Waals surface area contributed by atoms with Crippen molar-refractivity contribution in [1.82, 2.24) is 9.97 Å². The van der Waals surface area contributed by atoms with Gasteiger partial charge >= 0.3 is 0 Å². The number of H-pyrrole nitrogens is 1. The van der Waals surface area contributed by atoms with Crippen molar-refractivity contribution < 1.29 is 14.3 Å². The van der Waals surface area contributed by atoms with Gasteiger partial charge in [-0.2, -0.15) is 0 Å². The Bertz CT molecular complexity index is 1200. The molecule has 4 rings (SSSR count). The number of fused-ring (bicyclic) bond motifs is 1. The van der Waals surface area contributed by atoms with Crippen LogP contribution in [0.2, 0.25) is 0 Å². The number of anilines is 2. The number of hydrogen-bond donors (Lipinski definition) is 2. The number of pyridine rings is 2. The second-order valence-electron chi connectivity index (χ2n) is 7.27. The Morgan fingerprint density at radius 3 is 2.67 bits per heavy atom. The van der Waals surface area contributed by atoms with E-state index in [4.69, 9.17) is 4.74 Å². The van der Waals surface area contributed by atoms with E-state index in [1.165, 1.54) is 19.1 Å². The fourth-order valence-corrected chi connectivity index (χ4v) is 3.58. The standard InChI is InChI=1S/C22H22N4O4/c1-13-9-21(28)25-18-4-3-15(10-16(13)18)24-22(29)17-11-19(14(2)27)23-12-20(17)26-5-7-30-8-6-26/h3-4,9-12H,5-8H2,1-2H3,(H,24,29)(H,25,28). The lowest BCUT2D eigenvalue weighted by molar-refractivity contribution is 0.101. The molecule has 1 amide bonds. The molecule has 0 radical (unpaired) electrons. The van der Waals surface area contributed by atoms with Crippen molar-refractivity contribution in [2.45, 2.75) is 13.8 Å². The van der Waals surface area contributed by atoms with Gasteiger partial charge in [-0.25, -0.2) is 0 Å². The summed E-state index contributed by atoms with van der Waals surface area (Å²) in [6, 6.07) is 8.37. The molecule has 8 nitrogen and oxygen atoms in total. The van der Waals surface area contributed by atoms with Crippen molar-refractivity contribution in [2.24, 2.45) is 0 Å². The minimum Gasteiger partial charge on any atom is -0.378 e. The summed E-state index contributed by atoms with van der Waals surface area (Å²) in [7, 11) is 0. The van der Waals surface area contributed by atoms with Crippen LogP contribution in [-0.2, 0) is 4.74 Å². The first-order valence-electron chi connectivity index (χ1n) is 9.71. The monoisotopic (exact) mass is 406 g/mol. The van der Waals surface area contributed by atoms with Crippen LogP contribution < -0.4 is 15.8 Å². The Hall–Kier alpha value is -3.52. The lowest BCUT2D eigenvalue weighted by Crippen LogP contribution is -2.37. The van der Waals surface area contributed by atoms with Crippen molar-refractivity contribution in [3.05, 3.63) is 63.7 Å². The van der Waals surface area contributed by atoms with Crippen molar-refractivity contribution in [1.29, 1.82) is 0 Å². The molecule has 1 aromatic carbocycles. The van der Waals surface area contributed by atoms with Crippen molar-refractivity contribution in [2.75, 3.05) is 36.5 Å². The van der Waals surface area contributed by atoms with Crippen LogP contribution in [0.25, 0.3) is 10.9 Å². The summed E-state index contributed by atoms with van der Waals surface area (Å²) < 4.78 is 5.40. The number of aromatic amines is 1. The largest absolute Gasteiger partial charge is 0.378 e. The number of benzene rings is 1. The predicted molar refractivity (Wildman–Crippen MR) is 115 cm³/mol. The molecule has 8 heteroatoms. The summed E-state index contributed by atoms with van der Waals surface area (Å²) in [5.41, 5.74) is 3.25. The number of nitrogens with one attached hydrogen (secondary N) is 2. The molecule has 1 aliphatic rings. The van der Waals surface area contributed by atoms with Crippen molar-refractivity contribution >= 4 is 34.0 Å². The first-order chi connectivity index (χ1) is 14.4. The number of ketones is 1. The van der Waals surface area contributed by atoms with Crippen LogP contribution in [0.5, 0.6) is 0 Å². The highest BCUT2D eigenvalue weighted by Gasteiger charge is 2.21. The van der Waals surface area contributed by atoms with E-state index < -0.39 is 0 Å². The first-order valence-corrected chi connectivity index (χ1v) is 9.71. The Morgan fingerprint density at radius 2 is 1.93 bits per heavy atom. The zero-order chi connectivity index (χ0) is 21.3. The van der Waals surface area contributed by atoms with E-state index in [0.29, 0.717) is 48.8 Å². The summed E-state index contributed by atoms with van der Waals surface area (Å²) in [6.45, 7) is 5.69. The van der Waals surface area contributed by atoms with Gasteiger partial charge in [0.15, 0.2) is 5.78 Å². The van der Waals surface area contributed by atoms with Crippen LogP contribution in [0.4, 0.5) is 11.4 Å². The van der Waals surface area contributed by atoms with Gasteiger partial charge in [0, 0.05) is 42.7 Å². The van der Waals surface area contributed by atoms with Crippen LogP contribution in [0.3, 0.4) is 0 Å². The quantitative estimate of drug-likeness (QED) is 0.645. The van der Waals surface area contributed by atoms with Gasteiger partial charge in [0.25, 0.3) is 5.91 Å². The molecule has 0 atom stereocenters. The number of aromatic nitrogens is 2. The van der Waals surface area contributed by atoms with Gasteiger partial charge < -0.3 is 19.9 Å². The van der Waals surface area contributed by atoms with Crippen LogP contribution >= 0.6 is 0 Å². The fourth-order valence-electron chi connectivity index (χ4n) is 3.58. The molecule has 0 bridgehead atoms. The third kappa shape index (κ3) is 3.95. The molecule has 3 aromatic rings. The second-order valence-corrected chi connectivity index (χ2v) is 7.27. The molecule has 0 saturated carbocycles. The number of carbonyl (C=O) groups is 2. The van der Waals surface area contributed by atoms with Crippen molar-refractivity contribution in [3.8, 4) is 0 Å². The van der Waals surface area contributed by atoms with E-state index in [0.717, 1.165) is 10.9 Å². The second kappa shape index (κ2) is 8.08. The molecule has 1 aliphatic heterocycles. The van der Waals surface area contributed by atoms with E-state index in [9.17, 15) is 14.4 Å². The van der Waals surface area contributed by atoms with Gasteiger partial charge in [-0.3, -0.25) is 19.4 Å². The summed E-state index contributed by atoms with van der Waals surface area (Å²) >= 11 is 0. The summed E-state index contributed by atoms with van der Waals surface area (Å²) in [6.07, 6.45) is 1.58. The molecular formula is C22H22N4O4. The SMILES string of the molecule is CC(=O)c1cc(C(=O)Nc2ccc3[nH]c(=O)cc(C)c3c2)c(N2CCOCC2)cn1. The Labute approximate surface area is 172 Å². The van der Waals surface area contributed by atoms with Gasteiger partial charge in [0.05, 0.1) is 30.7 Å². The van der Waals surface area contributed by atoms with Gasteiger partial charge in [-0.1, -0.05) is 0 Å². The maximum absolute atomic E-state index is 13.2. The number of nitrogens with zero attached hydrogens (tertiary/aromatic N) is 2. The highest BCUT2D eigenvalue weighted by molar-refractivity contribution is 6.10. The minimum atomic E-state index is -0.331. The van der Waals surface area contributed by atoms with E-state index in [1.807, 2.05) is 17.9 Å². The van der Waals surface area contributed by atoms with E-state index >= 15 is 0 Å². The lowest BCUT2D eigenvalue weighted by atomic mass is 10.1. The predicted octanol–water partition coefficient (Wildman–Crippen LogP) is 2.52. The molecule has 30 heavy (non-hydrogen) atoms. The molecule has 2 aromatic heterocycles. The molecule has 0 spiro atoms. The molecule has 1 fully saturated rings. The normalized spacial score (nSPS) is 14.0. The highest BCUT2D eigenvalue weighted by atomic mass is 16.5. The minimum absolute atomic E-state index is 0.166. The van der Waals surface area contributed by atoms with Crippen molar-refractivity contribution in [3.63, 3.8) is 0 Å². The molecule has 154 valence electrons. The van der Waals surface area contributed by atoms with Crippen LogP contribution in [0.15, 0.2) is 41.3 Å². The molecular weight excluding hydrogens is 384 g/mol. The van der Waals surface area contributed by atoms with E-state index in [2.05, 4.69) is 15.3 Å². The molecule has 0 unspecified atom stereocenters. The van der Waals surface area contributed by atoms with Gasteiger partial charge in [0.1, 0.15) is 5.69 Å². The van der Waals surface area contributed by atoms with E-state index in [-0.39, 0.29) is 22.9 Å². The smallest absolute Gasteiger partial charge is 0.257 e. The topological polar surface area (TPSA) is 104 Å². The number of rotatable bonds is 4. The number of morpholine rings is 1. The highest BCUT2D eigenvalue weighted by Crippen LogP contribution is 2.25. The number of ether oxygens (including phenoxy) is 1. The average molecular weight is 406 g/mol. The van der Waals surface area contributed by atoms with Crippen LogP contribution in [0.1, 0.15) is 33.3 Å². The molecule has 1 saturated heterocycles. The third-order valence-corrected chi connectivity index (χ3v) is 5.15. The summed E-state index contributed by atoms with van der Waals surface area (Å²) in [5.74, 6) is -0.536. The lowest BCUT2D eigenvalue weighted by Gasteiger charge is -2.30. The number of Topliss-reactive ketones (excluding diaryl/α,β-unsaturated/α-hetero) is 1. The Balaban J connectivity index is 1.69. The summed E-state index contributed by atoms with van der Waals surface area (Å²) in [4.78, 5) is 45.7. The zero-order valence-electron chi connectivity index (χ0n) is 16.8. The first kappa shape index (κ1) is 19.8. The summed E-state index contributed by atoms with van der Waals surface area (Å²) in [5, 5.41) is 3.76. The third-order valence-electron chi connectivity index (χ3n) is 5.15. The maximum Gasteiger partial charge on any atom is 0.257 e. The van der Waals surface area contributed by atoms with E-state index in [1.54, 1.807) is 18.3 Å². The number of hydrogen-bond acceptors (Lipinski definition) is 6. The van der Waals surface area contributed by atoms with Crippen LogP contribution in [0, 0.1) is 6.92 Å². The molecule has 0 aliphatic carbocycles. The maximum atomic E-state index is 13.2. The Morgan fingerprint density at radius 1 is 1.17 bits per heavy atom. The molecule has 2 N–H and O–H groups in total. The molecule has 3 heterocycles. The van der Waals surface area contributed by atoms with Gasteiger partial charge in [0.2, 0.25) is 5.56 Å². The fraction of sp³-hybridized carbons (Fsp3) is 0.273. The average Bonchev–Trinajstić information content (AvgIpc) is 2.74. The number of amides is 1. The van der Waals surface area contributed by atoms with Crippen LogP contribution in [-0.4, -0.2) is 48.0 Å². The van der Waals surface area contributed by atoms with Gasteiger partial charge in [-0.15, -0.1) is 0 Å². The zero-order valence-corrected chi connectivity index (χ0v) is 16.8. The van der Waals surface area contributed by atoms with Gasteiger partial charge in [-0.05, 0) is 36.8 Å². The Kier molecular flexibility index (Phi) is 5.33. The number of aryl methyl sites for hydroxylation is 1. The number of carbonyl (C=O) groups excluding carboxylic acids is 2.